The summed E-state index contributed by atoms with van der Waals surface area (Å²) in [7, 11) is 1.53. The summed E-state index contributed by atoms with van der Waals surface area (Å²) in [6.07, 6.45) is 0.201. The zero-order valence-electron chi connectivity index (χ0n) is 18.8. The van der Waals surface area contributed by atoms with Gasteiger partial charge in [-0.2, -0.15) is 0 Å². The fraction of sp³-hybridized carbons (Fsp3) is 0.440. The van der Waals surface area contributed by atoms with Crippen molar-refractivity contribution in [3.63, 3.8) is 0 Å². The van der Waals surface area contributed by atoms with E-state index in [1.165, 1.54) is 7.11 Å². The Morgan fingerprint density at radius 2 is 1.76 bits per heavy atom. The summed E-state index contributed by atoms with van der Waals surface area (Å²) >= 11 is 0. The minimum absolute atomic E-state index is 0.0890. The minimum Gasteiger partial charge on any atom is -0.496 e. The van der Waals surface area contributed by atoms with E-state index in [1.807, 2.05) is 30.3 Å². The van der Waals surface area contributed by atoms with Crippen LogP contribution in [0.2, 0.25) is 0 Å². The number of ether oxygens (including phenoxy) is 2. The van der Waals surface area contributed by atoms with Crippen molar-refractivity contribution in [3.05, 3.63) is 65.7 Å². The summed E-state index contributed by atoms with van der Waals surface area (Å²) in [5.74, 6) is 0.298. The molecule has 1 saturated carbocycles. The number of hydrogen-bond donors (Lipinski definition) is 4. The predicted molar refractivity (Wildman–Crippen MR) is 123 cm³/mol. The highest BCUT2D eigenvalue weighted by Gasteiger charge is 2.46. The molecule has 0 spiro atoms. The molecule has 5 N–H and O–H groups in total. The van der Waals surface area contributed by atoms with E-state index in [0.717, 1.165) is 5.56 Å². The molecule has 33 heavy (non-hydrogen) atoms. The number of hydrogen-bond acceptors (Lipinski definition) is 7. The van der Waals surface area contributed by atoms with Gasteiger partial charge in [-0.15, -0.1) is 0 Å². The van der Waals surface area contributed by atoms with E-state index >= 15 is 0 Å². The molecule has 1 aliphatic rings. The van der Waals surface area contributed by atoms with E-state index in [1.54, 1.807) is 24.3 Å². The second-order valence-corrected chi connectivity index (χ2v) is 8.39. The van der Waals surface area contributed by atoms with Gasteiger partial charge in [0.25, 0.3) is 0 Å². The van der Waals surface area contributed by atoms with Gasteiger partial charge in [-0.1, -0.05) is 42.5 Å². The van der Waals surface area contributed by atoms with E-state index < -0.39 is 30.3 Å². The summed E-state index contributed by atoms with van der Waals surface area (Å²) in [4.78, 5) is 25.5. The number of carbonyl (C=O) groups is 2. The first kappa shape index (κ1) is 24.7. The molecule has 2 aromatic rings. The molecule has 0 heterocycles. The molecule has 0 saturated heterocycles. The molecule has 0 aliphatic heterocycles. The molecular weight excluding hydrogens is 424 g/mol. The van der Waals surface area contributed by atoms with E-state index in [2.05, 4.69) is 5.32 Å². The van der Waals surface area contributed by atoms with Crippen LogP contribution in [0.1, 0.15) is 41.6 Å². The normalized spacial score (nSPS) is 22.1. The van der Waals surface area contributed by atoms with E-state index in [9.17, 15) is 14.7 Å². The summed E-state index contributed by atoms with van der Waals surface area (Å²) in [5.41, 5.74) is 7.50. The number of aliphatic hydroxyl groups is 2. The molecule has 1 fully saturated rings. The quantitative estimate of drug-likeness (QED) is 0.425. The first-order valence-corrected chi connectivity index (χ1v) is 11.1. The van der Waals surface area contributed by atoms with E-state index in [4.69, 9.17) is 20.3 Å². The van der Waals surface area contributed by atoms with Crippen molar-refractivity contribution in [2.75, 3.05) is 20.3 Å². The van der Waals surface area contributed by atoms with Gasteiger partial charge in [-0.25, -0.2) is 4.79 Å². The molecule has 8 nitrogen and oxygen atoms in total. The number of nitrogens with two attached hydrogens (primary N) is 1. The van der Waals surface area contributed by atoms with Crippen molar-refractivity contribution >= 4 is 11.9 Å². The number of benzene rings is 2. The Kier molecular flexibility index (Phi) is 8.43. The number of nitrogens with one attached hydrogen (secondary N) is 1. The smallest absolute Gasteiger partial charge is 0.407 e. The van der Waals surface area contributed by atoms with Crippen molar-refractivity contribution < 1.29 is 29.3 Å². The van der Waals surface area contributed by atoms with Crippen molar-refractivity contribution in [2.24, 2.45) is 5.73 Å². The average molecular weight is 457 g/mol. The topological polar surface area (TPSA) is 131 Å². The number of aliphatic hydroxyl groups excluding tert-OH is 2. The lowest BCUT2D eigenvalue weighted by atomic mass is 9.63. The molecular formula is C25H32N2O6. The summed E-state index contributed by atoms with van der Waals surface area (Å²) in [5, 5.41) is 20.7. The number of Topliss-reactive ketones (excluding diaryl/α,β-unsaturated/α-hetero) is 1. The van der Waals surface area contributed by atoms with Gasteiger partial charge in [-0.3, -0.25) is 4.79 Å². The molecule has 0 aromatic heterocycles. The molecule has 3 rings (SSSR count). The Morgan fingerprint density at radius 3 is 2.39 bits per heavy atom. The van der Waals surface area contributed by atoms with Crippen LogP contribution in [-0.2, 0) is 10.2 Å². The third-order valence-corrected chi connectivity index (χ3v) is 6.39. The molecule has 2 unspecified atom stereocenters. The van der Waals surface area contributed by atoms with Crippen molar-refractivity contribution in [1.82, 2.24) is 5.32 Å². The zero-order chi connectivity index (χ0) is 23.8. The second kappa shape index (κ2) is 11.3. The Bertz CT molecular complexity index is 928. The Hall–Kier alpha value is -2.94. The first-order valence-electron chi connectivity index (χ1n) is 11.1. The van der Waals surface area contributed by atoms with Crippen LogP contribution in [0.5, 0.6) is 5.75 Å². The SMILES string of the molecule is COc1ccccc1C(=O)C(N)C1(c2ccccc2)CCC(OC(=O)NCC(O)CO)CC1. The maximum Gasteiger partial charge on any atom is 0.407 e. The van der Waals surface area contributed by atoms with Gasteiger partial charge in [0.2, 0.25) is 0 Å². The van der Waals surface area contributed by atoms with Crippen LogP contribution in [0.4, 0.5) is 4.79 Å². The van der Waals surface area contributed by atoms with Gasteiger partial charge in [0.1, 0.15) is 11.9 Å². The van der Waals surface area contributed by atoms with Crippen LogP contribution in [0.3, 0.4) is 0 Å². The zero-order valence-corrected chi connectivity index (χ0v) is 18.8. The van der Waals surface area contributed by atoms with Gasteiger partial charge in [-0.05, 0) is 43.4 Å². The maximum absolute atomic E-state index is 13.5. The monoisotopic (exact) mass is 456 g/mol. The van der Waals surface area contributed by atoms with Gasteiger partial charge in [0.05, 0.1) is 31.4 Å². The molecule has 0 radical (unpaired) electrons. The van der Waals surface area contributed by atoms with Gasteiger partial charge in [0.15, 0.2) is 5.78 Å². The van der Waals surface area contributed by atoms with Gasteiger partial charge < -0.3 is 30.7 Å². The summed E-state index contributed by atoms with van der Waals surface area (Å²) in [6, 6.07) is 16.0. The molecule has 1 amide bonds. The molecule has 2 aromatic carbocycles. The van der Waals surface area contributed by atoms with Crippen molar-refractivity contribution in [3.8, 4) is 5.75 Å². The lowest BCUT2D eigenvalue weighted by Crippen LogP contribution is -2.53. The van der Waals surface area contributed by atoms with Crippen molar-refractivity contribution in [2.45, 2.75) is 49.3 Å². The van der Waals surface area contributed by atoms with Crippen LogP contribution in [0.25, 0.3) is 0 Å². The summed E-state index contributed by atoms with van der Waals surface area (Å²) < 4.78 is 10.9. The average Bonchev–Trinajstić information content (AvgIpc) is 2.87. The van der Waals surface area contributed by atoms with Crippen molar-refractivity contribution in [1.29, 1.82) is 0 Å². The lowest BCUT2D eigenvalue weighted by molar-refractivity contribution is 0.0442. The predicted octanol–water partition coefficient (Wildman–Crippen LogP) is 2.17. The highest BCUT2D eigenvalue weighted by atomic mass is 16.6. The van der Waals surface area contributed by atoms with Crippen LogP contribution in [-0.4, -0.2) is 60.6 Å². The molecule has 178 valence electrons. The van der Waals surface area contributed by atoms with Gasteiger partial charge in [0, 0.05) is 12.0 Å². The van der Waals surface area contributed by atoms with Crippen LogP contribution < -0.4 is 15.8 Å². The highest BCUT2D eigenvalue weighted by molar-refractivity contribution is 6.03. The van der Waals surface area contributed by atoms with E-state index in [-0.39, 0.29) is 18.4 Å². The van der Waals surface area contributed by atoms with E-state index in [0.29, 0.717) is 37.0 Å². The molecule has 8 heteroatoms. The fourth-order valence-electron chi connectivity index (χ4n) is 4.50. The maximum atomic E-state index is 13.5. The third-order valence-electron chi connectivity index (χ3n) is 6.39. The second-order valence-electron chi connectivity index (χ2n) is 8.39. The summed E-state index contributed by atoms with van der Waals surface area (Å²) in [6.45, 7) is -0.532. The Morgan fingerprint density at radius 1 is 1.12 bits per heavy atom. The first-order chi connectivity index (χ1) is 15.9. The Balaban J connectivity index is 1.77. The standard InChI is InChI=1S/C25H32N2O6/c1-32-21-10-6-5-9-20(21)22(30)23(26)25(17-7-3-2-4-8-17)13-11-19(12-14-25)33-24(31)27-15-18(29)16-28/h2-10,18-19,23,28-29H,11-16,26H2,1H3,(H,27,31). The molecule has 2 atom stereocenters. The largest absolute Gasteiger partial charge is 0.496 e. The number of carbonyl (C=O) groups excluding carboxylic acids is 2. The third kappa shape index (κ3) is 5.71. The number of methoxy groups -OCH3 is 1. The number of alkyl carbamates (subject to hydrolysis) is 1. The van der Waals surface area contributed by atoms with Crippen LogP contribution in [0.15, 0.2) is 54.6 Å². The van der Waals surface area contributed by atoms with Gasteiger partial charge >= 0.3 is 6.09 Å². The molecule has 1 aliphatic carbocycles. The number of para-hydroxylation sites is 1. The number of ketones is 1. The highest BCUT2D eigenvalue weighted by Crippen LogP contribution is 2.43. The fourth-order valence-corrected chi connectivity index (χ4v) is 4.50. The minimum atomic E-state index is -1.03. The molecule has 0 bridgehead atoms. The number of rotatable bonds is 9. The van der Waals surface area contributed by atoms with Crippen LogP contribution in [0, 0.1) is 0 Å². The van der Waals surface area contributed by atoms with Crippen LogP contribution >= 0.6 is 0 Å². The lowest BCUT2D eigenvalue weighted by Gasteiger charge is -2.43. The Labute approximate surface area is 193 Å². The number of amides is 1.